The Morgan fingerprint density at radius 2 is 1.70 bits per heavy atom. The second-order valence-corrected chi connectivity index (χ2v) is 10.5. The molecule has 1 N–H and O–H groups in total. The molecular formula is C25H44O8. The van der Waals surface area contributed by atoms with E-state index in [-0.39, 0.29) is 36.3 Å². The van der Waals surface area contributed by atoms with Crippen molar-refractivity contribution in [2.45, 2.75) is 135 Å². The van der Waals surface area contributed by atoms with Gasteiger partial charge in [-0.3, -0.25) is 0 Å². The highest BCUT2D eigenvalue weighted by molar-refractivity contribution is 4.91. The van der Waals surface area contributed by atoms with Gasteiger partial charge in [-0.25, -0.2) is 0 Å². The maximum Gasteiger partial charge on any atom is 0.220 e. The van der Waals surface area contributed by atoms with Crippen molar-refractivity contribution in [1.82, 2.24) is 0 Å². The molecule has 8 nitrogen and oxygen atoms in total. The lowest BCUT2D eigenvalue weighted by atomic mass is 9.83. The molecule has 33 heavy (non-hydrogen) atoms. The van der Waals surface area contributed by atoms with Crippen molar-refractivity contribution >= 4 is 0 Å². The van der Waals surface area contributed by atoms with Crippen molar-refractivity contribution in [1.29, 1.82) is 0 Å². The Bertz CT molecular complexity index is 607. The molecule has 1 saturated carbocycles. The first-order valence-corrected chi connectivity index (χ1v) is 13.2. The zero-order chi connectivity index (χ0) is 23.6. The molecule has 1 aliphatic carbocycles. The van der Waals surface area contributed by atoms with Gasteiger partial charge in [0.15, 0.2) is 12.6 Å². The van der Waals surface area contributed by atoms with Gasteiger partial charge in [0, 0.05) is 31.3 Å². The van der Waals surface area contributed by atoms with Crippen molar-refractivity contribution in [3.05, 3.63) is 0 Å². The van der Waals surface area contributed by atoms with Crippen LogP contribution in [-0.4, -0.2) is 60.8 Å². The second-order valence-electron chi connectivity index (χ2n) is 10.5. The maximum absolute atomic E-state index is 11.1. The van der Waals surface area contributed by atoms with E-state index in [4.69, 9.17) is 33.5 Å². The number of fused-ring (bicyclic) bond motifs is 1. The summed E-state index contributed by atoms with van der Waals surface area (Å²) in [5.41, 5.74) is 0. The zero-order valence-electron chi connectivity index (χ0n) is 20.9. The molecule has 0 aromatic heterocycles. The summed E-state index contributed by atoms with van der Waals surface area (Å²) in [5, 5.41) is 11.1. The topological polar surface area (TPSA) is 84.8 Å². The largest absolute Gasteiger partial charge is 0.387 e. The molecule has 1 spiro atoms. The minimum atomic E-state index is -0.844. The first-order valence-electron chi connectivity index (χ1n) is 13.2. The van der Waals surface area contributed by atoms with Crippen LogP contribution in [0.15, 0.2) is 0 Å². The molecule has 4 aliphatic rings. The van der Waals surface area contributed by atoms with Crippen LogP contribution in [0, 0.1) is 17.8 Å². The summed E-state index contributed by atoms with van der Waals surface area (Å²) < 4.78 is 31.2. The van der Waals surface area contributed by atoms with Crippen LogP contribution in [0.4, 0.5) is 0 Å². The molecule has 0 bridgehead atoms. The van der Waals surface area contributed by atoms with Crippen LogP contribution in [-0.2, 0) is 33.5 Å². The highest BCUT2D eigenvalue weighted by atomic mass is 17.3. The number of rotatable bonds is 7. The van der Waals surface area contributed by atoms with Gasteiger partial charge in [-0.1, -0.05) is 47.5 Å². The van der Waals surface area contributed by atoms with Crippen LogP contribution < -0.4 is 0 Å². The molecule has 192 valence electrons. The third-order valence-corrected chi connectivity index (χ3v) is 8.06. The lowest BCUT2D eigenvalue weighted by Crippen LogP contribution is -2.63. The predicted molar refractivity (Wildman–Crippen MR) is 120 cm³/mol. The minimum absolute atomic E-state index is 0.142. The van der Waals surface area contributed by atoms with Gasteiger partial charge in [-0.2, -0.15) is 9.78 Å². The fraction of sp³-hybridized carbons (Fsp3) is 1.00. The van der Waals surface area contributed by atoms with Gasteiger partial charge in [0.1, 0.15) is 12.2 Å². The average Bonchev–Trinajstić information content (AvgIpc) is 2.82. The Labute approximate surface area is 198 Å². The molecule has 0 radical (unpaired) electrons. The van der Waals surface area contributed by atoms with Crippen molar-refractivity contribution in [3.8, 4) is 0 Å². The Balaban J connectivity index is 1.39. The van der Waals surface area contributed by atoms with Crippen molar-refractivity contribution in [2.24, 2.45) is 17.8 Å². The molecule has 4 unspecified atom stereocenters. The molecule has 0 amide bonds. The van der Waals surface area contributed by atoms with E-state index in [0.717, 1.165) is 44.9 Å². The number of ether oxygens (including phenoxy) is 5. The lowest BCUT2D eigenvalue weighted by Gasteiger charge is -2.52. The summed E-state index contributed by atoms with van der Waals surface area (Å²) in [6, 6.07) is 0. The zero-order valence-corrected chi connectivity index (χ0v) is 20.9. The van der Waals surface area contributed by atoms with Crippen molar-refractivity contribution < 1.29 is 38.6 Å². The summed E-state index contributed by atoms with van der Waals surface area (Å²) >= 11 is 0. The van der Waals surface area contributed by atoms with Gasteiger partial charge in [-0.05, 0) is 31.6 Å². The van der Waals surface area contributed by atoms with E-state index in [1.807, 2.05) is 6.92 Å². The molecule has 4 rings (SSSR count). The average molecular weight is 473 g/mol. The Morgan fingerprint density at radius 1 is 0.939 bits per heavy atom. The predicted octanol–water partition coefficient (Wildman–Crippen LogP) is 4.28. The molecular weight excluding hydrogens is 428 g/mol. The fourth-order valence-electron chi connectivity index (χ4n) is 5.52. The molecule has 3 heterocycles. The Hall–Kier alpha value is -0.320. The number of hydrogen-bond donors (Lipinski definition) is 1. The molecule has 0 aromatic carbocycles. The number of unbranched alkanes of at least 4 members (excludes halogenated alkanes) is 1. The SMILES string of the molecule is CCCCO[C@@H]1OC(CC)[C@@H](O[C@@H]2OC3OOC4(CCCCC4)O[C@H]3[C@H](C)C2O)[C@H](C)C1C. The molecule has 3 saturated heterocycles. The fourth-order valence-corrected chi connectivity index (χ4v) is 5.52. The summed E-state index contributed by atoms with van der Waals surface area (Å²) in [6.07, 6.45) is 4.33. The van der Waals surface area contributed by atoms with E-state index in [1.165, 1.54) is 6.42 Å². The van der Waals surface area contributed by atoms with Crippen molar-refractivity contribution in [2.75, 3.05) is 6.61 Å². The van der Waals surface area contributed by atoms with Crippen LogP contribution >= 0.6 is 0 Å². The van der Waals surface area contributed by atoms with E-state index in [9.17, 15) is 5.11 Å². The highest BCUT2D eigenvalue weighted by Crippen LogP contribution is 2.44. The van der Waals surface area contributed by atoms with Gasteiger partial charge in [0.05, 0.1) is 12.2 Å². The van der Waals surface area contributed by atoms with Gasteiger partial charge in [-0.15, -0.1) is 0 Å². The summed E-state index contributed by atoms with van der Waals surface area (Å²) in [5.74, 6) is -0.612. The normalized spacial score (nSPS) is 45.6. The first kappa shape index (κ1) is 25.8. The minimum Gasteiger partial charge on any atom is -0.387 e. The molecule has 8 heteroatoms. The van der Waals surface area contributed by atoms with Gasteiger partial charge >= 0.3 is 0 Å². The van der Waals surface area contributed by atoms with Gasteiger partial charge < -0.3 is 28.8 Å². The monoisotopic (exact) mass is 472 g/mol. The van der Waals surface area contributed by atoms with E-state index >= 15 is 0 Å². The van der Waals surface area contributed by atoms with E-state index in [1.54, 1.807) is 0 Å². The van der Waals surface area contributed by atoms with Crippen LogP contribution in [0.1, 0.15) is 86.0 Å². The van der Waals surface area contributed by atoms with Crippen LogP contribution in [0.3, 0.4) is 0 Å². The molecule has 3 aliphatic heterocycles. The van der Waals surface area contributed by atoms with Gasteiger partial charge in [0.25, 0.3) is 0 Å². The van der Waals surface area contributed by atoms with Gasteiger partial charge in [0.2, 0.25) is 12.1 Å². The third-order valence-electron chi connectivity index (χ3n) is 8.06. The molecule has 10 atom stereocenters. The first-order chi connectivity index (χ1) is 15.9. The van der Waals surface area contributed by atoms with Crippen molar-refractivity contribution in [3.63, 3.8) is 0 Å². The Kier molecular flexibility index (Phi) is 8.72. The van der Waals surface area contributed by atoms with Crippen LogP contribution in [0.25, 0.3) is 0 Å². The number of hydrogen-bond acceptors (Lipinski definition) is 8. The highest BCUT2D eigenvalue weighted by Gasteiger charge is 2.55. The Morgan fingerprint density at radius 3 is 2.39 bits per heavy atom. The molecule has 4 fully saturated rings. The second kappa shape index (κ2) is 11.2. The summed E-state index contributed by atoms with van der Waals surface area (Å²) in [4.78, 5) is 11.4. The standard InChI is InChI=1S/C25H44O8/c1-6-8-14-27-22-16(4)15(3)20(18(7-2)28-22)29-23-19(26)17(5)21-24(30-23)32-33-25(31-21)12-10-9-11-13-25/h15-24,26H,6-14H2,1-5H3/t15-,16?,17-,18?,19?,20+,21+,22-,23-,24?/m1/s1. The van der Waals surface area contributed by atoms with E-state index < -0.39 is 30.6 Å². The third kappa shape index (κ3) is 5.43. The quantitative estimate of drug-likeness (QED) is 0.434. The maximum atomic E-state index is 11.1. The number of aliphatic hydroxyl groups is 1. The van der Waals surface area contributed by atoms with Crippen LogP contribution in [0.5, 0.6) is 0 Å². The summed E-state index contributed by atoms with van der Waals surface area (Å²) in [7, 11) is 0. The smallest absolute Gasteiger partial charge is 0.220 e. The molecule has 0 aromatic rings. The summed E-state index contributed by atoms with van der Waals surface area (Å²) in [6.45, 7) is 11.2. The number of aliphatic hydroxyl groups excluding tert-OH is 1. The lowest BCUT2D eigenvalue weighted by molar-refractivity contribution is -0.562. The van der Waals surface area contributed by atoms with E-state index in [0.29, 0.717) is 6.61 Å². The van der Waals surface area contributed by atoms with E-state index in [2.05, 4.69) is 27.7 Å². The van der Waals surface area contributed by atoms with Crippen LogP contribution in [0.2, 0.25) is 0 Å².